The number of aromatic nitrogens is 1. The summed E-state index contributed by atoms with van der Waals surface area (Å²) in [6.45, 7) is 0. The summed E-state index contributed by atoms with van der Waals surface area (Å²) in [5.74, 6) is -0.554. The number of esters is 1. The van der Waals surface area contributed by atoms with E-state index in [4.69, 9.17) is 11.6 Å². The van der Waals surface area contributed by atoms with E-state index in [-0.39, 0.29) is 21.6 Å². The first-order valence-corrected chi connectivity index (χ1v) is 5.32. The van der Waals surface area contributed by atoms with Crippen LogP contribution in [0, 0.1) is 0 Å². The molecule has 16 heavy (non-hydrogen) atoms. The molecule has 0 radical (unpaired) electrons. The summed E-state index contributed by atoms with van der Waals surface area (Å²) in [5, 5.41) is -0.149. The normalized spacial score (nSPS) is 10.6. The average molecular weight is 315 g/mol. The highest BCUT2D eigenvalue weighted by Gasteiger charge is 2.18. The maximum Gasteiger partial charge on any atom is 0.311 e. The van der Waals surface area contributed by atoms with Gasteiger partial charge in [0, 0.05) is 4.47 Å². The van der Waals surface area contributed by atoms with Gasteiger partial charge in [0.15, 0.2) is 0 Å². The lowest BCUT2D eigenvalue weighted by molar-refractivity contribution is -0.139. The van der Waals surface area contributed by atoms with Crippen LogP contribution in [0.1, 0.15) is 17.8 Å². The Bertz CT molecular complexity index is 415. The molecule has 88 valence electrons. The van der Waals surface area contributed by atoms with Crippen molar-refractivity contribution in [1.29, 1.82) is 0 Å². The Morgan fingerprint density at radius 3 is 2.81 bits per heavy atom. The Morgan fingerprint density at radius 1 is 1.69 bits per heavy atom. The molecule has 0 aromatic carbocycles. The molecular formula is C9H7BrClF2NO2. The molecule has 0 unspecified atom stereocenters. The highest BCUT2D eigenvalue weighted by molar-refractivity contribution is 9.10. The van der Waals surface area contributed by atoms with Gasteiger partial charge in [-0.3, -0.25) is 4.79 Å². The third-order valence-electron chi connectivity index (χ3n) is 1.75. The van der Waals surface area contributed by atoms with E-state index in [1.807, 2.05) is 0 Å². The molecule has 0 aliphatic carbocycles. The summed E-state index contributed by atoms with van der Waals surface area (Å²) < 4.78 is 29.7. The Labute approximate surface area is 104 Å². The molecule has 0 atom stereocenters. The molecule has 0 N–H and O–H groups in total. The van der Waals surface area contributed by atoms with Gasteiger partial charge in [-0.25, -0.2) is 13.8 Å². The Kier molecular flexibility index (Phi) is 4.61. The zero-order valence-electron chi connectivity index (χ0n) is 8.14. The summed E-state index contributed by atoms with van der Waals surface area (Å²) in [6, 6.07) is 1.41. The third-order valence-corrected chi connectivity index (χ3v) is 3.00. The van der Waals surface area contributed by atoms with Crippen molar-refractivity contribution in [2.24, 2.45) is 0 Å². The van der Waals surface area contributed by atoms with Crippen molar-refractivity contribution in [2.75, 3.05) is 7.11 Å². The van der Waals surface area contributed by atoms with Crippen LogP contribution in [-0.4, -0.2) is 18.1 Å². The first-order valence-electron chi connectivity index (χ1n) is 4.15. The molecule has 0 spiro atoms. The number of hydrogen-bond donors (Lipinski definition) is 0. The van der Waals surface area contributed by atoms with E-state index in [0.29, 0.717) is 0 Å². The summed E-state index contributed by atoms with van der Waals surface area (Å²) in [7, 11) is 1.21. The van der Waals surface area contributed by atoms with Crippen LogP contribution in [0.15, 0.2) is 10.5 Å². The molecule has 1 heterocycles. The van der Waals surface area contributed by atoms with Gasteiger partial charge in [-0.15, -0.1) is 0 Å². The quantitative estimate of drug-likeness (QED) is 0.805. The number of methoxy groups -OCH3 is 1. The highest BCUT2D eigenvalue weighted by Crippen LogP contribution is 2.32. The first kappa shape index (κ1) is 13.3. The molecule has 0 saturated heterocycles. The van der Waals surface area contributed by atoms with E-state index in [0.717, 1.165) is 0 Å². The maximum atomic E-state index is 12.5. The van der Waals surface area contributed by atoms with Crippen molar-refractivity contribution >= 4 is 33.5 Å². The number of carbonyl (C=O) groups is 1. The number of alkyl halides is 2. The van der Waals surface area contributed by atoms with Crippen LogP contribution in [0.3, 0.4) is 0 Å². The van der Waals surface area contributed by atoms with Crippen molar-refractivity contribution in [3.63, 3.8) is 0 Å². The van der Waals surface area contributed by atoms with Gasteiger partial charge in [-0.1, -0.05) is 11.6 Å². The zero-order valence-corrected chi connectivity index (χ0v) is 10.5. The van der Waals surface area contributed by atoms with Crippen LogP contribution in [0.25, 0.3) is 0 Å². The molecule has 3 nitrogen and oxygen atoms in total. The second kappa shape index (κ2) is 5.54. The van der Waals surface area contributed by atoms with E-state index >= 15 is 0 Å². The first-order chi connectivity index (χ1) is 7.45. The van der Waals surface area contributed by atoms with Crippen LogP contribution in [0.2, 0.25) is 5.02 Å². The molecular weight excluding hydrogens is 307 g/mol. The van der Waals surface area contributed by atoms with E-state index in [1.54, 1.807) is 0 Å². The van der Waals surface area contributed by atoms with Crippen LogP contribution in [-0.2, 0) is 16.0 Å². The lowest BCUT2D eigenvalue weighted by atomic mass is 10.2. The van der Waals surface area contributed by atoms with Crippen molar-refractivity contribution in [3.05, 3.63) is 26.9 Å². The number of hydrogen-bond acceptors (Lipinski definition) is 3. The van der Waals surface area contributed by atoms with E-state index in [2.05, 4.69) is 25.7 Å². The molecule has 0 amide bonds. The van der Waals surface area contributed by atoms with E-state index in [9.17, 15) is 13.6 Å². The minimum Gasteiger partial charge on any atom is -0.469 e. The molecule has 1 aromatic rings. The number of rotatable bonds is 3. The Balaban J connectivity index is 3.09. The fraction of sp³-hybridized carbons (Fsp3) is 0.333. The number of halogens is 4. The summed E-state index contributed by atoms with van der Waals surface area (Å²) in [5.41, 5.74) is -0.367. The van der Waals surface area contributed by atoms with Crippen LogP contribution in [0.5, 0.6) is 0 Å². The number of pyridine rings is 1. The fourth-order valence-electron chi connectivity index (χ4n) is 1.02. The lowest BCUT2D eigenvalue weighted by Crippen LogP contribution is -2.08. The summed E-state index contributed by atoms with van der Waals surface area (Å²) in [4.78, 5) is 14.6. The van der Waals surface area contributed by atoms with Crippen LogP contribution in [0.4, 0.5) is 8.78 Å². The van der Waals surface area contributed by atoms with Gasteiger partial charge in [0.2, 0.25) is 0 Å². The van der Waals surface area contributed by atoms with Gasteiger partial charge in [0.25, 0.3) is 6.43 Å². The molecule has 1 rings (SSSR count). The van der Waals surface area contributed by atoms with Gasteiger partial charge in [0.1, 0.15) is 5.69 Å². The zero-order chi connectivity index (χ0) is 12.3. The van der Waals surface area contributed by atoms with Crippen LogP contribution >= 0.6 is 27.5 Å². The highest BCUT2D eigenvalue weighted by atomic mass is 79.9. The molecule has 0 bridgehead atoms. The largest absolute Gasteiger partial charge is 0.469 e. The molecule has 0 aliphatic rings. The van der Waals surface area contributed by atoms with Gasteiger partial charge < -0.3 is 4.74 Å². The second-order valence-corrected chi connectivity index (χ2v) is 4.08. The molecule has 1 aromatic heterocycles. The van der Waals surface area contributed by atoms with Crippen molar-refractivity contribution in [1.82, 2.24) is 4.98 Å². The maximum absolute atomic E-state index is 12.5. The Morgan fingerprint density at radius 2 is 2.31 bits per heavy atom. The predicted molar refractivity (Wildman–Crippen MR) is 57.6 cm³/mol. The summed E-state index contributed by atoms with van der Waals surface area (Å²) >= 11 is 8.64. The van der Waals surface area contributed by atoms with Crippen molar-refractivity contribution in [3.8, 4) is 0 Å². The molecule has 0 fully saturated rings. The minimum atomic E-state index is -2.79. The summed E-state index contributed by atoms with van der Waals surface area (Å²) in [6.07, 6.45) is -2.96. The Hall–Kier alpha value is -0.750. The number of nitrogens with zero attached hydrogens (tertiary/aromatic N) is 1. The second-order valence-electron chi connectivity index (χ2n) is 2.85. The smallest absolute Gasteiger partial charge is 0.311 e. The molecule has 0 saturated carbocycles. The SMILES string of the molecule is COC(=O)Cc1cc(Br)c(Cl)c(C(F)F)n1. The van der Waals surface area contributed by atoms with Crippen molar-refractivity contribution < 1.29 is 18.3 Å². The van der Waals surface area contributed by atoms with Gasteiger partial charge in [-0.2, -0.15) is 0 Å². The molecule has 7 heteroatoms. The molecule has 0 aliphatic heterocycles. The van der Waals surface area contributed by atoms with Crippen molar-refractivity contribution in [2.45, 2.75) is 12.8 Å². The lowest BCUT2D eigenvalue weighted by Gasteiger charge is -2.07. The average Bonchev–Trinajstić information content (AvgIpc) is 2.22. The van der Waals surface area contributed by atoms with Gasteiger partial charge in [0.05, 0.1) is 24.2 Å². The number of ether oxygens (including phenoxy) is 1. The number of carbonyl (C=O) groups excluding carboxylic acids is 1. The minimum absolute atomic E-state index is 0.149. The predicted octanol–water partition coefficient (Wildman–Crippen LogP) is 3.15. The fourth-order valence-corrected chi connectivity index (χ4v) is 1.67. The standard InChI is InChI=1S/C9H7BrClF2NO2/c1-16-6(15)3-4-2-5(10)7(11)8(14-4)9(12)13/h2,9H,3H2,1H3. The van der Waals surface area contributed by atoms with E-state index in [1.165, 1.54) is 13.2 Å². The monoisotopic (exact) mass is 313 g/mol. The van der Waals surface area contributed by atoms with E-state index < -0.39 is 18.1 Å². The van der Waals surface area contributed by atoms with Gasteiger partial charge in [-0.05, 0) is 22.0 Å². The third kappa shape index (κ3) is 3.12. The topological polar surface area (TPSA) is 39.2 Å². The van der Waals surface area contributed by atoms with Crippen LogP contribution < -0.4 is 0 Å². The van der Waals surface area contributed by atoms with Gasteiger partial charge >= 0.3 is 5.97 Å².